The smallest absolute Gasteiger partial charge is 0.124 e. The molecule has 0 spiro atoms. The number of rotatable bonds is 2. The number of hydrogen-bond acceptors (Lipinski definition) is 3. The molecule has 1 nitrogen and oxygen atoms in total. The maximum Gasteiger partial charge on any atom is 0.124 e. The van der Waals surface area contributed by atoms with Crippen LogP contribution in [0, 0.1) is 6.92 Å². The number of thiazole rings is 1. The molecule has 1 heterocycles. The van der Waals surface area contributed by atoms with Gasteiger partial charge < -0.3 is 0 Å². The SMILES string of the molecule is CCc1ccc(-c2nc(C)c(S)s2)cc1. The summed E-state index contributed by atoms with van der Waals surface area (Å²) in [5.74, 6) is 0. The molecule has 78 valence electrons. The highest BCUT2D eigenvalue weighted by molar-refractivity contribution is 7.83. The zero-order chi connectivity index (χ0) is 10.8. The fraction of sp³-hybridized carbons (Fsp3) is 0.250. The lowest BCUT2D eigenvalue weighted by Crippen LogP contribution is -1.80. The predicted molar refractivity (Wildman–Crippen MR) is 68.9 cm³/mol. The molecule has 1 aromatic carbocycles. The van der Waals surface area contributed by atoms with Crippen molar-refractivity contribution in [3.63, 3.8) is 0 Å². The summed E-state index contributed by atoms with van der Waals surface area (Å²) in [6, 6.07) is 8.57. The third-order valence-corrected chi connectivity index (χ3v) is 3.99. The predicted octanol–water partition coefficient (Wildman–Crippen LogP) is 3.97. The van der Waals surface area contributed by atoms with Gasteiger partial charge in [-0.05, 0) is 18.9 Å². The molecule has 0 radical (unpaired) electrons. The van der Waals surface area contributed by atoms with Gasteiger partial charge in [-0.25, -0.2) is 4.98 Å². The van der Waals surface area contributed by atoms with E-state index in [1.54, 1.807) is 11.3 Å². The normalized spacial score (nSPS) is 10.6. The minimum atomic E-state index is 1.00. The van der Waals surface area contributed by atoms with Crippen molar-refractivity contribution < 1.29 is 0 Å². The summed E-state index contributed by atoms with van der Waals surface area (Å²) >= 11 is 6.00. The molecule has 0 amide bonds. The molecule has 0 bridgehead atoms. The quantitative estimate of drug-likeness (QED) is 0.777. The molecule has 0 aliphatic rings. The molecule has 0 unspecified atom stereocenters. The first-order valence-corrected chi connectivity index (χ1v) is 6.22. The molecule has 0 fully saturated rings. The molecule has 15 heavy (non-hydrogen) atoms. The van der Waals surface area contributed by atoms with Gasteiger partial charge in [-0.15, -0.1) is 24.0 Å². The zero-order valence-corrected chi connectivity index (χ0v) is 10.5. The van der Waals surface area contributed by atoms with Gasteiger partial charge in [0.2, 0.25) is 0 Å². The Hall–Kier alpha value is -0.800. The molecule has 0 saturated heterocycles. The van der Waals surface area contributed by atoms with Gasteiger partial charge in [0.25, 0.3) is 0 Å². The fourth-order valence-electron chi connectivity index (χ4n) is 1.39. The number of hydrogen-bond donors (Lipinski definition) is 1. The van der Waals surface area contributed by atoms with E-state index in [0.29, 0.717) is 0 Å². The summed E-state index contributed by atoms with van der Waals surface area (Å²) in [6.07, 6.45) is 1.08. The lowest BCUT2D eigenvalue weighted by molar-refractivity contribution is 1.14. The third-order valence-electron chi connectivity index (χ3n) is 2.38. The second-order valence-corrected chi connectivity index (χ2v) is 5.21. The number of benzene rings is 1. The van der Waals surface area contributed by atoms with Crippen LogP contribution in [0.4, 0.5) is 0 Å². The van der Waals surface area contributed by atoms with Crippen LogP contribution in [-0.2, 0) is 6.42 Å². The first-order valence-electron chi connectivity index (χ1n) is 4.96. The first kappa shape index (κ1) is 10.7. The number of aromatic nitrogens is 1. The van der Waals surface area contributed by atoms with Gasteiger partial charge in [-0.3, -0.25) is 0 Å². The van der Waals surface area contributed by atoms with Crippen molar-refractivity contribution in [2.75, 3.05) is 0 Å². The van der Waals surface area contributed by atoms with Gasteiger partial charge in [0.1, 0.15) is 5.01 Å². The Labute approximate surface area is 99.6 Å². The van der Waals surface area contributed by atoms with Gasteiger partial charge in [-0.1, -0.05) is 31.2 Å². The van der Waals surface area contributed by atoms with Gasteiger partial charge in [0, 0.05) is 5.56 Å². The molecule has 0 N–H and O–H groups in total. The molecule has 0 aliphatic carbocycles. The monoisotopic (exact) mass is 235 g/mol. The minimum Gasteiger partial charge on any atom is -0.240 e. The van der Waals surface area contributed by atoms with Crippen molar-refractivity contribution in [2.24, 2.45) is 0 Å². The summed E-state index contributed by atoms with van der Waals surface area (Å²) in [5, 5.41) is 1.06. The Bertz CT molecular complexity index is 437. The van der Waals surface area contributed by atoms with Crippen molar-refractivity contribution in [1.29, 1.82) is 0 Å². The van der Waals surface area contributed by atoms with E-state index in [0.717, 1.165) is 21.3 Å². The summed E-state index contributed by atoms with van der Waals surface area (Å²) in [4.78, 5) is 4.48. The Morgan fingerprint density at radius 2 is 1.93 bits per heavy atom. The van der Waals surface area contributed by atoms with Crippen LogP contribution in [0.2, 0.25) is 0 Å². The molecular weight excluding hydrogens is 222 g/mol. The number of thiol groups is 1. The van der Waals surface area contributed by atoms with Gasteiger partial charge >= 0.3 is 0 Å². The van der Waals surface area contributed by atoms with Gasteiger partial charge in [-0.2, -0.15) is 0 Å². The zero-order valence-electron chi connectivity index (χ0n) is 8.82. The Kier molecular flexibility index (Phi) is 3.12. The Morgan fingerprint density at radius 3 is 2.40 bits per heavy atom. The van der Waals surface area contributed by atoms with Crippen molar-refractivity contribution in [1.82, 2.24) is 4.98 Å². The van der Waals surface area contributed by atoms with Crippen molar-refractivity contribution >= 4 is 24.0 Å². The van der Waals surface area contributed by atoms with Crippen molar-refractivity contribution in [2.45, 2.75) is 24.5 Å². The highest BCUT2D eigenvalue weighted by Gasteiger charge is 2.06. The van der Waals surface area contributed by atoms with E-state index in [9.17, 15) is 0 Å². The molecule has 2 rings (SSSR count). The first-order chi connectivity index (χ1) is 7.20. The van der Waals surface area contributed by atoms with Crippen LogP contribution in [0.25, 0.3) is 10.6 Å². The second-order valence-electron chi connectivity index (χ2n) is 3.46. The van der Waals surface area contributed by atoms with Crippen LogP contribution in [0.5, 0.6) is 0 Å². The van der Waals surface area contributed by atoms with Crippen LogP contribution < -0.4 is 0 Å². The second kappa shape index (κ2) is 4.37. The van der Waals surface area contributed by atoms with Crippen LogP contribution in [0.1, 0.15) is 18.2 Å². The van der Waals surface area contributed by atoms with Crippen LogP contribution in [0.3, 0.4) is 0 Å². The van der Waals surface area contributed by atoms with E-state index in [4.69, 9.17) is 0 Å². The highest BCUT2D eigenvalue weighted by Crippen LogP contribution is 2.30. The fourth-order valence-corrected chi connectivity index (χ4v) is 2.52. The summed E-state index contributed by atoms with van der Waals surface area (Å²) < 4.78 is 1.00. The van der Waals surface area contributed by atoms with E-state index in [-0.39, 0.29) is 0 Å². The molecule has 3 heteroatoms. The van der Waals surface area contributed by atoms with E-state index < -0.39 is 0 Å². The van der Waals surface area contributed by atoms with Gasteiger partial charge in [0.15, 0.2) is 0 Å². The molecule has 0 saturated carbocycles. The largest absolute Gasteiger partial charge is 0.240 e. The van der Waals surface area contributed by atoms with E-state index in [1.807, 2.05) is 6.92 Å². The van der Waals surface area contributed by atoms with E-state index >= 15 is 0 Å². The molecular formula is C12H13NS2. The van der Waals surface area contributed by atoms with Crippen LogP contribution >= 0.6 is 24.0 Å². The van der Waals surface area contributed by atoms with Crippen LogP contribution in [0.15, 0.2) is 28.5 Å². The maximum atomic E-state index is 4.48. The molecule has 1 aromatic heterocycles. The standard InChI is InChI=1S/C12H13NS2/c1-3-9-4-6-10(7-5-9)11-13-8(2)12(14)15-11/h4-7,14H,3H2,1-2H3. The van der Waals surface area contributed by atoms with Crippen molar-refractivity contribution in [3.8, 4) is 10.6 Å². The number of aryl methyl sites for hydroxylation is 2. The highest BCUT2D eigenvalue weighted by atomic mass is 32.2. The van der Waals surface area contributed by atoms with Crippen molar-refractivity contribution in [3.05, 3.63) is 35.5 Å². The summed E-state index contributed by atoms with van der Waals surface area (Å²) in [6.45, 7) is 4.15. The Balaban J connectivity index is 2.37. The summed E-state index contributed by atoms with van der Waals surface area (Å²) in [7, 11) is 0. The average molecular weight is 235 g/mol. The molecule has 0 atom stereocenters. The van der Waals surface area contributed by atoms with E-state index in [2.05, 4.69) is 48.8 Å². The van der Waals surface area contributed by atoms with E-state index in [1.165, 1.54) is 11.1 Å². The lowest BCUT2D eigenvalue weighted by atomic mass is 10.1. The lowest BCUT2D eigenvalue weighted by Gasteiger charge is -1.98. The molecule has 0 aliphatic heterocycles. The molecule has 2 aromatic rings. The summed E-state index contributed by atoms with van der Waals surface area (Å²) in [5.41, 5.74) is 3.55. The van der Waals surface area contributed by atoms with Gasteiger partial charge in [0.05, 0.1) is 9.90 Å². The minimum absolute atomic E-state index is 1.00. The number of nitrogens with zero attached hydrogens (tertiary/aromatic N) is 1. The third kappa shape index (κ3) is 2.24. The maximum absolute atomic E-state index is 4.48. The average Bonchev–Trinajstić information content (AvgIpc) is 2.59. The Morgan fingerprint density at radius 1 is 1.27 bits per heavy atom. The topological polar surface area (TPSA) is 12.9 Å². The van der Waals surface area contributed by atoms with Crippen LogP contribution in [-0.4, -0.2) is 4.98 Å².